The van der Waals surface area contributed by atoms with Gasteiger partial charge < -0.3 is 4.98 Å². The van der Waals surface area contributed by atoms with Crippen molar-refractivity contribution in [3.05, 3.63) is 24.3 Å². The van der Waals surface area contributed by atoms with E-state index in [4.69, 9.17) is 0 Å². The van der Waals surface area contributed by atoms with E-state index in [9.17, 15) is 8.42 Å². The zero-order valence-electron chi connectivity index (χ0n) is 15.0. The third-order valence-corrected chi connectivity index (χ3v) is 7.41. The van der Waals surface area contributed by atoms with Crippen LogP contribution in [0, 0.1) is 0 Å². The fourth-order valence-corrected chi connectivity index (χ4v) is 5.90. The Morgan fingerprint density at radius 2 is 2.00 bits per heavy atom. The molecule has 3 aromatic heterocycles. The summed E-state index contributed by atoms with van der Waals surface area (Å²) in [6, 6.07) is 1.91. The maximum Gasteiger partial charge on any atom is 0.279 e. The van der Waals surface area contributed by atoms with Gasteiger partial charge in [0.1, 0.15) is 5.82 Å². The zero-order valence-corrected chi connectivity index (χ0v) is 15.8. The summed E-state index contributed by atoms with van der Waals surface area (Å²) in [6.07, 6.45) is 9.01. The average Bonchev–Trinajstić information content (AvgIpc) is 3.40. The van der Waals surface area contributed by atoms with Crippen molar-refractivity contribution in [3.63, 3.8) is 0 Å². The predicted molar refractivity (Wildman–Crippen MR) is 100 cm³/mol. The molecule has 3 aromatic rings. The molecule has 4 heterocycles. The number of H-pyrrole nitrogens is 1. The molecular formula is C17H23N7O2S. The van der Waals surface area contributed by atoms with Crippen LogP contribution in [0.25, 0.3) is 16.8 Å². The molecular weight excluding hydrogens is 366 g/mol. The molecule has 0 bridgehead atoms. The van der Waals surface area contributed by atoms with E-state index >= 15 is 0 Å². The van der Waals surface area contributed by atoms with Crippen molar-refractivity contribution in [2.24, 2.45) is 0 Å². The minimum atomic E-state index is -3.40. The molecule has 0 unspecified atom stereocenters. The fraction of sp³-hybridized carbons (Fsp3) is 0.588. The molecule has 0 amide bonds. The second-order valence-electron chi connectivity index (χ2n) is 7.51. The highest BCUT2D eigenvalue weighted by Gasteiger charge is 2.34. The van der Waals surface area contributed by atoms with Crippen molar-refractivity contribution in [2.45, 2.75) is 50.5 Å². The molecule has 1 aliphatic carbocycles. The molecule has 0 spiro atoms. The van der Waals surface area contributed by atoms with Gasteiger partial charge in [0.2, 0.25) is 0 Å². The van der Waals surface area contributed by atoms with Gasteiger partial charge in [0.15, 0.2) is 11.3 Å². The first-order valence-corrected chi connectivity index (χ1v) is 11.0. The fourth-order valence-electron chi connectivity index (χ4n) is 4.38. The van der Waals surface area contributed by atoms with Crippen LogP contribution >= 0.6 is 0 Å². The van der Waals surface area contributed by atoms with Crippen LogP contribution in [0.2, 0.25) is 0 Å². The SMILES string of the molecule is O=S(=O)(N[C@H]1CC[C@@H](c2nnc3cnc4[nH]ccc4n23)C1)N1CCCCC1. The van der Waals surface area contributed by atoms with Crippen LogP contribution in [0.15, 0.2) is 18.5 Å². The van der Waals surface area contributed by atoms with E-state index < -0.39 is 10.2 Å². The number of aromatic amines is 1. The topological polar surface area (TPSA) is 108 Å². The Labute approximate surface area is 157 Å². The number of hydrogen-bond donors (Lipinski definition) is 2. The van der Waals surface area contributed by atoms with Gasteiger partial charge >= 0.3 is 0 Å². The number of fused-ring (bicyclic) bond motifs is 3. The van der Waals surface area contributed by atoms with Gasteiger partial charge in [-0.05, 0) is 38.2 Å². The molecule has 1 saturated heterocycles. The van der Waals surface area contributed by atoms with Gasteiger partial charge in [0.05, 0.1) is 11.7 Å². The Hall–Kier alpha value is -2.04. The number of aromatic nitrogens is 5. The van der Waals surface area contributed by atoms with Gasteiger partial charge in [-0.1, -0.05) is 6.42 Å². The predicted octanol–water partition coefficient (Wildman–Crippen LogP) is 1.56. The minimum Gasteiger partial charge on any atom is -0.345 e. The summed E-state index contributed by atoms with van der Waals surface area (Å²) in [7, 11) is -3.40. The van der Waals surface area contributed by atoms with Gasteiger partial charge in [0, 0.05) is 31.2 Å². The smallest absolute Gasteiger partial charge is 0.279 e. The Balaban J connectivity index is 1.37. The second-order valence-corrected chi connectivity index (χ2v) is 9.21. The first-order valence-electron chi connectivity index (χ1n) is 9.56. The van der Waals surface area contributed by atoms with Gasteiger partial charge in [-0.15, -0.1) is 10.2 Å². The molecule has 1 aliphatic heterocycles. The van der Waals surface area contributed by atoms with E-state index in [1.54, 1.807) is 10.5 Å². The minimum absolute atomic E-state index is 0.0576. The molecule has 1 saturated carbocycles. The molecule has 9 nitrogen and oxygen atoms in total. The molecule has 5 rings (SSSR count). The third-order valence-electron chi connectivity index (χ3n) is 5.74. The summed E-state index contributed by atoms with van der Waals surface area (Å²) in [6.45, 7) is 1.25. The van der Waals surface area contributed by atoms with E-state index in [2.05, 4.69) is 24.9 Å². The van der Waals surface area contributed by atoms with Crippen LogP contribution in [0.1, 0.15) is 50.3 Å². The van der Waals surface area contributed by atoms with E-state index in [0.29, 0.717) is 13.1 Å². The summed E-state index contributed by atoms with van der Waals surface area (Å²) in [5, 5.41) is 8.65. The Morgan fingerprint density at radius 1 is 1.15 bits per heavy atom. The molecule has 2 atom stereocenters. The van der Waals surface area contributed by atoms with Gasteiger partial charge in [0.25, 0.3) is 10.2 Å². The van der Waals surface area contributed by atoms with Gasteiger partial charge in [-0.2, -0.15) is 17.4 Å². The van der Waals surface area contributed by atoms with Gasteiger partial charge in [-0.25, -0.2) is 4.98 Å². The van der Waals surface area contributed by atoms with E-state index in [1.165, 1.54) is 0 Å². The first-order chi connectivity index (χ1) is 13.1. The number of nitrogens with zero attached hydrogens (tertiary/aromatic N) is 5. The zero-order chi connectivity index (χ0) is 18.4. The normalized spacial score (nSPS) is 24.9. The van der Waals surface area contributed by atoms with Crippen molar-refractivity contribution in [3.8, 4) is 0 Å². The van der Waals surface area contributed by atoms with Crippen molar-refractivity contribution in [1.82, 2.24) is 33.6 Å². The standard InChI is InChI=1S/C17H23N7O2S/c25-27(26,23-8-2-1-3-9-23)22-13-5-4-12(10-13)17-21-20-15-11-19-16-14(24(15)17)6-7-18-16/h6-7,11-13,18,22H,1-5,8-10H2/t12-,13+/m1/s1. The Bertz CT molecular complexity index is 1070. The largest absolute Gasteiger partial charge is 0.345 e. The number of nitrogens with one attached hydrogen (secondary N) is 2. The second kappa shape index (κ2) is 6.54. The number of hydrogen-bond acceptors (Lipinski definition) is 5. The van der Waals surface area contributed by atoms with Crippen LogP contribution in [0.5, 0.6) is 0 Å². The van der Waals surface area contributed by atoms with Crippen molar-refractivity contribution >= 4 is 27.0 Å². The molecule has 2 N–H and O–H groups in total. The monoisotopic (exact) mass is 389 g/mol. The van der Waals surface area contributed by atoms with Crippen LogP contribution in [-0.2, 0) is 10.2 Å². The maximum absolute atomic E-state index is 12.7. The molecule has 10 heteroatoms. The average molecular weight is 389 g/mol. The summed E-state index contributed by atoms with van der Waals surface area (Å²) in [4.78, 5) is 7.46. The lowest BCUT2D eigenvalue weighted by Gasteiger charge is -2.27. The van der Waals surface area contributed by atoms with Crippen LogP contribution in [-0.4, -0.2) is 56.4 Å². The molecule has 144 valence electrons. The number of rotatable bonds is 4. The lowest BCUT2D eigenvalue weighted by Crippen LogP contribution is -2.46. The number of piperidine rings is 1. The lowest BCUT2D eigenvalue weighted by atomic mass is 10.1. The summed E-state index contributed by atoms with van der Waals surface area (Å²) >= 11 is 0. The highest BCUT2D eigenvalue weighted by atomic mass is 32.2. The Morgan fingerprint density at radius 3 is 2.85 bits per heavy atom. The van der Waals surface area contributed by atoms with Crippen molar-refractivity contribution < 1.29 is 8.42 Å². The van der Waals surface area contributed by atoms with E-state index in [-0.39, 0.29) is 12.0 Å². The van der Waals surface area contributed by atoms with Gasteiger partial charge in [-0.3, -0.25) is 4.40 Å². The molecule has 0 radical (unpaired) electrons. The van der Waals surface area contributed by atoms with Crippen LogP contribution in [0.3, 0.4) is 0 Å². The molecule has 0 aromatic carbocycles. The third kappa shape index (κ3) is 3.01. The van der Waals surface area contributed by atoms with Crippen LogP contribution < -0.4 is 4.72 Å². The lowest BCUT2D eigenvalue weighted by molar-refractivity contribution is 0.338. The molecule has 2 aliphatic rings. The highest BCUT2D eigenvalue weighted by Crippen LogP contribution is 2.35. The van der Waals surface area contributed by atoms with E-state index in [0.717, 1.165) is 61.2 Å². The van der Waals surface area contributed by atoms with Crippen LogP contribution in [0.4, 0.5) is 0 Å². The maximum atomic E-state index is 12.7. The molecule has 2 fully saturated rings. The van der Waals surface area contributed by atoms with E-state index in [1.807, 2.05) is 16.7 Å². The summed E-state index contributed by atoms with van der Waals surface area (Å²) < 4.78 is 31.9. The quantitative estimate of drug-likeness (QED) is 0.704. The highest BCUT2D eigenvalue weighted by molar-refractivity contribution is 7.87. The molecule has 27 heavy (non-hydrogen) atoms. The summed E-state index contributed by atoms with van der Waals surface area (Å²) in [5.74, 6) is 1.06. The van der Waals surface area contributed by atoms with Crippen molar-refractivity contribution in [2.75, 3.05) is 13.1 Å². The Kier molecular flexibility index (Phi) is 4.14. The first kappa shape index (κ1) is 17.1. The summed E-state index contributed by atoms with van der Waals surface area (Å²) in [5.41, 5.74) is 2.46. The van der Waals surface area contributed by atoms with Crippen molar-refractivity contribution in [1.29, 1.82) is 0 Å².